The van der Waals surface area contributed by atoms with Crippen LogP contribution >= 0.6 is 0 Å². The number of nitrogens with zero attached hydrogens (tertiary/aromatic N) is 2. The zero-order valence-electron chi connectivity index (χ0n) is 12.2. The molecule has 1 saturated carbocycles. The highest BCUT2D eigenvalue weighted by Crippen LogP contribution is 2.29. The van der Waals surface area contributed by atoms with Crippen LogP contribution in [-0.2, 0) is 4.79 Å². The van der Waals surface area contributed by atoms with E-state index in [1.165, 1.54) is 11.3 Å². The number of hydrogen-bond donors (Lipinski definition) is 2. The third-order valence-electron chi connectivity index (χ3n) is 4.18. The first-order valence-electron chi connectivity index (χ1n) is 7.58. The van der Waals surface area contributed by atoms with Crippen molar-refractivity contribution in [3.63, 3.8) is 0 Å². The predicted molar refractivity (Wildman–Crippen MR) is 75.6 cm³/mol. The number of carboxylic acid groups (broad SMARTS) is 1. The van der Waals surface area contributed by atoms with Gasteiger partial charge in [-0.15, -0.1) is 0 Å². The molecule has 2 amide bonds. The van der Waals surface area contributed by atoms with Crippen molar-refractivity contribution >= 4 is 12.0 Å². The van der Waals surface area contributed by atoms with Crippen molar-refractivity contribution in [3.05, 3.63) is 0 Å². The second kappa shape index (κ2) is 6.92. The maximum Gasteiger partial charge on any atom is 0.323 e. The van der Waals surface area contributed by atoms with E-state index in [1.54, 1.807) is 0 Å². The number of urea groups is 1. The average Bonchev–Trinajstić information content (AvgIpc) is 3.10. The Bertz CT molecular complexity index is 358. The lowest BCUT2D eigenvalue weighted by molar-refractivity contribution is -0.137. The van der Waals surface area contributed by atoms with Crippen LogP contribution in [0.4, 0.5) is 4.79 Å². The molecule has 6 nitrogen and oxygen atoms in total. The molecule has 1 heterocycles. The van der Waals surface area contributed by atoms with E-state index >= 15 is 0 Å². The molecule has 1 aliphatic carbocycles. The molecule has 20 heavy (non-hydrogen) atoms. The normalized spacial score (nSPS) is 22.8. The van der Waals surface area contributed by atoms with E-state index in [4.69, 9.17) is 5.11 Å². The number of carboxylic acids is 1. The molecule has 0 aromatic carbocycles. The monoisotopic (exact) mass is 283 g/mol. The Hall–Kier alpha value is -1.30. The molecule has 1 unspecified atom stereocenters. The lowest BCUT2D eigenvalue weighted by Gasteiger charge is -2.26. The minimum atomic E-state index is -0.947. The van der Waals surface area contributed by atoms with E-state index in [0.29, 0.717) is 25.0 Å². The summed E-state index contributed by atoms with van der Waals surface area (Å²) in [7, 11) is 0. The SMILES string of the molecule is CCN1CCCC1CNC(=O)N(CC(=O)O)CC1CC1. The van der Waals surface area contributed by atoms with E-state index in [9.17, 15) is 9.59 Å². The van der Waals surface area contributed by atoms with Crippen LogP contribution in [0, 0.1) is 5.92 Å². The van der Waals surface area contributed by atoms with Gasteiger partial charge in [0.25, 0.3) is 0 Å². The predicted octanol–water partition coefficient (Wildman–Crippen LogP) is 0.977. The van der Waals surface area contributed by atoms with Crippen LogP contribution in [0.3, 0.4) is 0 Å². The molecule has 1 saturated heterocycles. The van der Waals surface area contributed by atoms with Gasteiger partial charge in [0.05, 0.1) is 0 Å². The highest BCUT2D eigenvalue weighted by Gasteiger charge is 2.29. The van der Waals surface area contributed by atoms with E-state index in [1.807, 2.05) is 0 Å². The summed E-state index contributed by atoms with van der Waals surface area (Å²) >= 11 is 0. The van der Waals surface area contributed by atoms with Crippen molar-refractivity contribution < 1.29 is 14.7 Å². The Morgan fingerprint density at radius 2 is 2.10 bits per heavy atom. The lowest BCUT2D eigenvalue weighted by Crippen LogP contribution is -2.47. The fraction of sp³-hybridized carbons (Fsp3) is 0.857. The van der Waals surface area contributed by atoms with Crippen molar-refractivity contribution in [2.75, 3.05) is 32.7 Å². The van der Waals surface area contributed by atoms with Crippen molar-refractivity contribution in [1.29, 1.82) is 0 Å². The summed E-state index contributed by atoms with van der Waals surface area (Å²) in [6.45, 7) is 5.21. The van der Waals surface area contributed by atoms with E-state index in [2.05, 4.69) is 17.1 Å². The first-order valence-corrected chi connectivity index (χ1v) is 7.58. The summed E-state index contributed by atoms with van der Waals surface area (Å²) in [6, 6.07) is 0.166. The van der Waals surface area contributed by atoms with Crippen LogP contribution in [0.5, 0.6) is 0 Å². The quantitative estimate of drug-likeness (QED) is 0.730. The molecule has 1 aliphatic heterocycles. The van der Waals surface area contributed by atoms with Gasteiger partial charge < -0.3 is 15.3 Å². The molecule has 114 valence electrons. The molecule has 0 bridgehead atoms. The van der Waals surface area contributed by atoms with E-state index in [-0.39, 0.29) is 12.6 Å². The second-order valence-corrected chi connectivity index (χ2v) is 5.83. The van der Waals surface area contributed by atoms with Crippen molar-refractivity contribution in [2.24, 2.45) is 5.92 Å². The molecule has 0 aromatic heterocycles. The number of rotatable bonds is 7. The zero-order valence-corrected chi connectivity index (χ0v) is 12.2. The maximum absolute atomic E-state index is 12.1. The average molecular weight is 283 g/mol. The molecule has 0 spiro atoms. The van der Waals surface area contributed by atoms with Crippen molar-refractivity contribution in [2.45, 2.75) is 38.6 Å². The summed E-state index contributed by atoms with van der Waals surface area (Å²) in [6.07, 6.45) is 4.50. The molecule has 0 radical (unpaired) electrons. The number of amides is 2. The number of nitrogens with one attached hydrogen (secondary N) is 1. The van der Waals surface area contributed by atoms with Crippen molar-refractivity contribution in [1.82, 2.24) is 15.1 Å². The molecule has 2 rings (SSSR count). The second-order valence-electron chi connectivity index (χ2n) is 5.83. The van der Waals surface area contributed by atoms with Crippen LogP contribution in [0.1, 0.15) is 32.6 Å². The number of likely N-dealkylation sites (N-methyl/N-ethyl adjacent to an activating group) is 1. The van der Waals surface area contributed by atoms with Gasteiger partial charge in [-0.3, -0.25) is 9.69 Å². The molecular weight excluding hydrogens is 258 g/mol. The summed E-state index contributed by atoms with van der Waals surface area (Å²) in [4.78, 5) is 26.8. The van der Waals surface area contributed by atoms with E-state index in [0.717, 1.165) is 32.4 Å². The Labute approximate surface area is 120 Å². The zero-order chi connectivity index (χ0) is 14.5. The third kappa shape index (κ3) is 4.37. The molecular formula is C14H25N3O3. The van der Waals surface area contributed by atoms with Crippen LogP contribution in [-0.4, -0.2) is 65.7 Å². The molecule has 6 heteroatoms. The first kappa shape index (κ1) is 15.1. The molecule has 2 fully saturated rings. The summed E-state index contributed by atoms with van der Waals surface area (Å²) < 4.78 is 0. The number of hydrogen-bond acceptors (Lipinski definition) is 3. The largest absolute Gasteiger partial charge is 0.480 e. The Morgan fingerprint density at radius 1 is 1.35 bits per heavy atom. The van der Waals surface area contributed by atoms with Crippen molar-refractivity contribution in [3.8, 4) is 0 Å². The Morgan fingerprint density at radius 3 is 2.70 bits per heavy atom. The summed E-state index contributed by atoms with van der Waals surface area (Å²) in [5.41, 5.74) is 0. The highest BCUT2D eigenvalue weighted by molar-refractivity contribution is 5.80. The number of aliphatic carboxylic acids is 1. The summed E-state index contributed by atoms with van der Waals surface area (Å²) in [5, 5.41) is 11.8. The minimum absolute atomic E-state index is 0.204. The summed E-state index contributed by atoms with van der Waals surface area (Å²) in [5.74, 6) is -0.449. The Kier molecular flexibility index (Phi) is 5.23. The van der Waals surface area contributed by atoms with Gasteiger partial charge in [0.15, 0.2) is 0 Å². The van der Waals surface area contributed by atoms with Gasteiger partial charge >= 0.3 is 12.0 Å². The number of likely N-dealkylation sites (tertiary alicyclic amines) is 1. The standard InChI is InChI=1S/C14H25N3O3/c1-2-16-7-3-4-12(16)8-15-14(20)17(10-13(18)19)9-11-5-6-11/h11-12H,2-10H2,1H3,(H,15,20)(H,18,19). The molecule has 0 aromatic rings. The minimum Gasteiger partial charge on any atom is -0.480 e. The van der Waals surface area contributed by atoms with Gasteiger partial charge in [-0.1, -0.05) is 6.92 Å². The number of carbonyl (C=O) groups excluding carboxylic acids is 1. The van der Waals surface area contributed by atoms with Gasteiger partial charge in [0.1, 0.15) is 6.54 Å². The fourth-order valence-corrected chi connectivity index (χ4v) is 2.85. The molecule has 2 N–H and O–H groups in total. The number of carbonyl (C=O) groups is 2. The van der Waals surface area contributed by atoms with Crippen LogP contribution < -0.4 is 5.32 Å². The van der Waals surface area contributed by atoms with Gasteiger partial charge in [-0.25, -0.2) is 4.79 Å². The first-order chi connectivity index (χ1) is 9.60. The topological polar surface area (TPSA) is 72.9 Å². The fourth-order valence-electron chi connectivity index (χ4n) is 2.85. The maximum atomic E-state index is 12.1. The van der Waals surface area contributed by atoms with E-state index < -0.39 is 5.97 Å². The van der Waals surface area contributed by atoms with Crippen LogP contribution in [0.25, 0.3) is 0 Å². The van der Waals surface area contributed by atoms with Gasteiger partial charge in [-0.2, -0.15) is 0 Å². The Balaban J connectivity index is 1.79. The third-order valence-corrected chi connectivity index (χ3v) is 4.18. The van der Waals surface area contributed by atoms with Gasteiger partial charge in [0, 0.05) is 19.1 Å². The lowest BCUT2D eigenvalue weighted by atomic mass is 10.2. The van der Waals surface area contributed by atoms with Gasteiger partial charge in [0.2, 0.25) is 0 Å². The highest BCUT2D eigenvalue weighted by atomic mass is 16.4. The molecule has 2 aliphatic rings. The smallest absolute Gasteiger partial charge is 0.323 e. The van der Waals surface area contributed by atoms with Crippen LogP contribution in [0.2, 0.25) is 0 Å². The van der Waals surface area contributed by atoms with Crippen LogP contribution in [0.15, 0.2) is 0 Å². The van der Waals surface area contributed by atoms with Gasteiger partial charge in [-0.05, 0) is 44.7 Å². The molecule has 1 atom stereocenters.